The molecule has 0 aliphatic carbocycles. The van der Waals surface area contributed by atoms with E-state index in [1.165, 1.54) is 0 Å². The van der Waals surface area contributed by atoms with Crippen LogP contribution in [0.2, 0.25) is 0 Å². The highest BCUT2D eigenvalue weighted by molar-refractivity contribution is 7.89. The van der Waals surface area contributed by atoms with E-state index in [1.54, 1.807) is 34.6 Å². The van der Waals surface area contributed by atoms with E-state index in [0.717, 1.165) is 18.4 Å². The largest absolute Gasteiger partial charge is 0.489 e. The second kappa shape index (κ2) is 10.1. The van der Waals surface area contributed by atoms with Crippen molar-refractivity contribution in [3.8, 4) is 5.75 Å². The minimum atomic E-state index is -3.45. The van der Waals surface area contributed by atoms with Crippen LogP contribution in [0.1, 0.15) is 18.4 Å². The number of nitrogens with one attached hydrogen (secondary N) is 3. The first kappa shape index (κ1) is 23.5. The molecule has 0 spiro atoms. The zero-order valence-corrected chi connectivity index (χ0v) is 19.4. The monoisotopic (exact) mass is 474 g/mol. The van der Waals surface area contributed by atoms with Gasteiger partial charge in [0.2, 0.25) is 10.0 Å². The highest BCUT2D eigenvalue weighted by atomic mass is 32.2. The molecule has 4 rings (SSSR count). The maximum absolute atomic E-state index is 12.8. The van der Waals surface area contributed by atoms with Gasteiger partial charge in [-0.3, -0.25) is 0 Å². The Morgan fingerprint density at radius 3 is 2.61 bits per heavy atom. The summed E-state index contributed by atoms with van der Waals surface area (Å²) in [5, 5.41) is 13.5. The van der Waals surface area contributed by atoms with E-state index in [4.69, 9.17) is 4.74 Å². The molecule has 0 radical (unpaired) electrons. The Bertz CT molecular complexity index is 1230. The Hall–Kier alpha value is -2.66. The molecule has 4 N–H and O–H groups in total. The molecule has 1 fully saturated rings. The number of aromatic nitrogens is 2. The predicted molar refractivity (Wildman–Crippen MR) is 126 cm³/mol. The zero-order valence-electron chi connectivity index (χ0n) is 18.6. The van der Waals surface area contributed by atoms with E-state index in [-0.39, 0.29) is 12.3 Å². The molecule has 1 aromatic heterocycles. The van der Waals surface area contributed by atoms with Crippen molar-refractivity contribution >= 4 is 21.1 Å². The van der Waals surface area contributed by atoms with Crippen LogP contribution in [0.25, 0.3) is 11.0 Å². The van der Waals surface area contributed by atoms with E-state index in [0.29, 0.717) is 53.8 Å². The van der Waals surface area contributed by atoms with Crippen molar-refractivity contribution in [2.45, 2.75) is 30.8 Å². The second-order valence-electron chi connectivity index (χ2n) is 8.54. The fraction of sp³-hybridized carbons (Fsp3) is 0.435. The van der Waals surface area contributed by atoms with Crippen LogP contribution >= 0.6 is 0 Å². The van der Waals surface area contributed by atoms with Gasteiger partial charge in [-0.15, -0.1) is 0 Å². The van der Waals surface area contributed by atoms with Gasteiger partial charge in [0.15, 0.2) is 0 Å². The fourth-order valence-electron chi connectivity index (χ4n) is 4.06. The lowest BCUT2D eigenvalue weighted by molar-refractivity contribution is 0.105. The van der Waals surface area contributed by atoms with E-state index >= 15 is 0 Å². The van der Waals surface area contributed by atoms with Crippen molar-refractivity contribution in [1.82, 2.24) is 19.6 Å². The molecular formula is C23H30N4O5S. The van der Waals surface area contributed by atoms with Gasteiger partial charge in [0.25, 0.3) is 0 Å². The number of benzene rings is 2. The number of aryl methyl sites for hydroxylation is 1. The molecule has 0 saturated carbocycles. The first-order chi connectivity index (χ1) is 15.8. The first-order valence-electron chi connectivity index (χ1n) is 11.1. The Balaban J connectivity index is 1.19. The fourth-order valence-corrected chi connectivity index (χ4v) is 5.53. The second-order valence-corrected chi connectivity index (χ2v) is 10.5. The minimum absolute atomic E-state index is 0.0898. The van der Waals surface area contributed by atoms with Crippen LogP contribution in [0.3, 0.4) is 0 Å². The standard InChI is InChI=1S/C23H30N4O5S/c1-16-5-7-19(8-6-16)33(30,31)27-11-9-17(10-12-27)13-24-14-18(28)15-32-21-4-2-3-20-22(21)26-23(29)25-20/h2-8,17-18,24,28H,9-15H2,1H3,(H2,25,26,29). The highest BCUT2D eigenvalue weighted by Gasteiger charge is 2.29. The molecule has 3 aromatic rings. The molecule has 1 saturated heterocycles. The summed E-state index contributed by atoms with van der Waals surface area (Å²) in [4.78, 5) is 17.2. The topological polar surface area (TPSA) is 128 Å². The molecule has 2 aromatic carbocycles. The van der Waals surface area contributed by atoms with Gasteiger partial charge in [-0.1, -0.05) is 23.8 Å². The van der Waals surface area contributed by atoms with Crippen molar-refractivity contribution in [2.75, 3.05) is 32.8 Å². The van der Waals surface area contributed by atoms with Crippen LogP contribution in [0.4, 0.5) is 0 Å². The number of imidazole rings is 1. The van der Waals surface area contributed by atoms with E-state index in [9.17, 15) is 18.3 Å². The third-order valence-electron chi connectivity index (χ3n) is 5.99. The van der Waals surface area contributed by atoms with Crippen molar-refractivity contribution in [2.24, 2.45) is 5.92 Å². The summed E-state index contributed by atoms with van der Waals surface area (Å²) >= 11 is 0. The third-order valence-corrected chi connectivity index (χ3v) is 7.90. The number of fused-ring (bicyclic) bond motifs is 1. The molecule has 33 heavy (non-hydrogen) atoms. The number of aliphatic hydroxyl groups excluding tert-OH is 1. The summed E-state index contributed by atoms with van der Waals surface area (Å²) in [6.45, 7) is 4.08. The lowest BCUT2D eigenvalue weighted by Gasteiger charge is -2.31. The Morgan fingerprint density at radius 2 is 1.88 bits per heavy atom. The molecule has 2 heterocycles. The van der Waals surface area contributed by atoms with Crippen LogP contribution in [-0.4, -0.2) is 66.7 Å². The summed E-state index contributed by atoms with van der Waals surface area (Å²) in [6, 6.07) is 12.2. The van der Waals surface area contributed by atoms with Crippen LogP contribution in [0.15, 0.2) is 52.2 Å². The number of H-pyrrole nitrogens is 2. The van der Waals surface area contributed by atoms with Crippen molar-refractivity contribution in [3.63, 3.8) is 0 Å². The molecule has 1 aliphatic rings. The Morgan fingerprint density at radius 1 is 1.15 bits per heavy atom. The van der Waals surface area contributed by atoms with Gasteiger partial charge >= 0.3 is 5.69 Å². The first-order valence-corrected chi connectivity index (χ1v) is 12.6. The summed E-state index contributed by atoms with van der Waals surface area (Å²) in [7, 11) is -3.45. The Labute approximate surface area is 192 Å². The number of piperidine rings is 1. The molecule has 0 bridgehead atoms. The van der Waals surface area contributed by atoms with Crippen LogP contribution < -0.4 is 15.7 Å². The zero-order chi connectivity index (χ0) is 23.4. The number of hydrogen-bond acceptors (Lipinski definition) is 6. The number of ether oxygens (including phenoxy) is 1. The number of rotatable bonds is 9. The maximum Gasteiger partial charge on any atom is 0.323 e. The molecule has 10 heteroatoms. The van der Waals surface area contributed by atoms with Gasteiger partial charge in [0, 0.05) is 19.6 Å². The number of sulfonamides is 1. The normalized spacial score (nSPS) is 16.8. The van der Waals surface area contributed by atoms with Crippen molar-refractivity contribution in [3.05, 3.63) is 58.5 Å². The van der Waals surface area contributed by atoms with E-state index < -0.39 is 16.1 Å². The number of nitrogens with zero attached hydrogens (tertiary/aromatic N) is 1. The molecule has 178 valence electrons. The third kappa shape index (κ3) is 5.64. The minimum Gasteiger partial charge on any atom is -0.489 e. The van der Waals surface area contributed by atoms with Crippen LogP contribution in [-0.2, 0) is 10.0 Å². The molecular weight excluding hydrogens is 444 g/mol. The SMILES string of the molecule is Cc1ccc(S(=O)(=O)N2CCC(CNCC(O)COc3cccc4[nH]c(=O)[nH]c34)CC2)cc1. The van der Waals surface area contributed by atoms with Crippen LogP contribution in [0, 0.1) is 12.8 Å². The van der Waals surface area contributed by atoms with Gasteiger partial charge in [0.05, 0.1) is 10.4 Å². The van der Waals surface area contributed by atoms with Crippen LogP contribution in [0.5, 0.6) is 5.75 Å². The maximum atomic E-state index is 12.8. The van der Waals surface area contributed by atoms with Crippen molar-refractivity contribution in [1.29, 1.82) is 0 Å². The molecule has 1 atom stereocenters. The van der Waals surface area contributed by atoms with Gasteiger partial charge in [-0.25, -0.2) is 13.2 Å². The molecule has 9 nitrogen and oxygen atoms in total. The summed E-state index contributed by atoms with van der Waals surface area (Å²) in [5.74, 6) is 0.855. The van der Waals surface area contributed by atoms with Gasteiger partial charge < -0.3 is 25.1 Å². The van der Waals surface area contributed by atoms with Gasteiger partial charge in [-0.2, -0.15) is 4.31 Å². The number of aliphatic hydroxyl groups is 1. The summed E-state index contributed by atoms with van der Waals surface area (Å²) in [6.07, 6.45) is 0.828. The molecule has 1 aliphatic heterocycles. The van der Waals surface area contributed by atoms with Crippen molar-refractivity contribution < 1.29 is 18.3 Å². The predicted octanol–water partition coefficient (Wildman–Crippen LogP) is 1.59. The quantitative estimate of drug-likeness (QED) is 0.373. The molecule has 1 unspecified atom stereocenters. The number of aromatic amines is 2. The average molecular weight is 475 g/mol. The number of para-hydroxylation sites is 1. The Kier molecular flexibility index (Phi) is 7.18. The average Bonchev–Trinajstić information content (AvgIpc) is 3.19. The van der Waals surface area contributed by atoms with Gasteiger partial charge in [-0.05, 0) is 56.5 Å². The van der Waals surface area contributed by atoms with E-state index in [2.05, 4.69) is 15.3 Å². The smallest absolute Gasteiger partial charge is 0.323 e. The molecule has 0 amide bonds. The van der Waals surface area contributed by atoms with Gasteiger partial charge in [0.1, 0.15) is 24.0 Å². The van der Waals surface area contributed by atoms with E-state index in [1.807, 2.05) is 19.1 Å². The lowest BCUT2D eigenvalue weighted by Crippen LogP contribution is -2.42. The lowest BCUT2D eigenvalue weighted by atomic mass is 9.98. The summed E-state index contributed by atoms with van der Waals surface area (Å²) < 4.78 is 32.9. The summed E-state index contributed by atoms with van der Waals surface area (Å²) in [5.41, 5.74) is 1.96. The number of hydrogen-bond donors (Lipinski definition) is 4. The highest BCUT2D eigenvalue weighted by Crippen LogP contribution is 2.24.